The summed E-state index contributed by atoms with van der Waals surface area (Å²) in [5.74, 6) is 0.0451. The van der Waals surface area contributed by atoms with Gasteiger partial charge in [-0.15, -0.1) is 0 Å². The molecule has 3 rings (SSSR count). The number of aromatic amines is 1. The molecule has 3 N–H and O–H groups in total. The van der Waals surface area contributed by atoms with Crippen LogP contribution in [0.4, 0.5) is 0 Å². The average molecular weight is 367 g/mol. The maximum absolute atomic E-state index is 12.4. The van der Waals surface area contributed by atoms with Crippen LogP contribution in [0.1, 0.15) is 28.2 Å². The Morgan fingerprint density at radius 1 is 1.38 bits per heavy atom. The molecule has 1 fully saturated rings. The number of hydrogen-bond acceptors (Lipinski definition) is 4. The van der Waals surface area contributed by atoms with Crippen LogP contribution in [-0.4, -0.2) is 39.9 Å². The summed E-state index contributed by atoms with van der Waals surface area (Å²) in [5.41, 5.74) is 6.01. The molecule has 0 spiro atoms. The number of nitrogens with two attached hydrogens (primary N) is 1. The highest BCUT2D eigenvalue weighted by Gasteiger charge is 2.26. The van der Waals surface area contributed by atoms with Crippen molar-refractivity contribution in [3.8, 4) is 0 Å². The van der Waals surface area contributed by atoms with Crippen LogP contribution >= 0.6 is 23.2 Å². The molecule has 1 aromatic heterocycles. The molecule has 1 amide bonds. The Bertz CT molecular complexity index is 817. The molecule has 0 radical (unpaired) electrons. The zero-order valence-corrected chi connectivity index (χ0v) is 14.3. The minimum Gasteiger partial charge on any atom is -0.337 e. The normalized spacial score (nSPS) is 17.3. The van der Waals surface area contributed by atoms with Gasteiger partial charge in [0.1, 0.15) is 11.4 Å². The zero-order valence-electron chi connectivity index (χ0n) is 12.8. The number of halogens is 2. The van der Waals surface area contributed by atoms with Gasteiger partial charge in [-0.1, -0.05) is 29.3 Å². The standard InChI is InChI=1S/C16H16Cl2N4O2/c17-12-2-1-3-13(18)10(12)6-14-20-7-11(15(23)21-14)16(24)22-5-4-9(19)8-22/h1-3,7,9H,4-6,8,19H2,(H,20,21,23)/t9-/m0/s1. The first-order valence-corrected chi connectivity index (χ1v) is 8.27. The van der Waals surface area contributed by atoms with Gasteiger partial charge in [-0.2, -0.15) is 0 Å². The fourth-order valence-corrected chi connectivity index (χ4v) is 3.22. The van der Waals surface area contributed by atoms with Crippen molar-refractivity contribution in [3.63, 3.8) is 0 Å². The number of nitrogens with zero attached hydrogens (tertiary/aromatic N) is 2. The Balaban J connectivity index is 1.83. The summed E-state index contributed by atoms with van der Waals surface area (Å²) in [5, 5.41) is 0.993. The molecule has 24 heavy (non-hydrogen) atoms. The van der Waals surface area contributed by atoms with Crippen LogP contribution in [0.5, 0.6) is 0 Å². The van der Waals surface area contributed by atoms with E-state index in [0.29, 0.717) is 34.5 Å². The number of carbonyl (C=O) groups excluding carboxylic acids is 1. The van der Waals surface area contributed by atoms with Gasteiger partial charge >= 0.3 is 0 Å². The lowest BCUT2D eigenvalue weighted by molar-refractivity contribution is 0.0788. The Labute approximate surface area is 148 Å². The quantitative estimate of drug-likeness (QED) is 0.866. The molecule has 126 valence electrons. The van der Waals surface area contributed by atoms with Crippen molar-refractivity contribution in [2.24, 2.45) is 5.73 Å². The third-order valence-electron chi connectivity index (χ3n) is 4.00. The van der Waals surface area contributed by atoms with Crippen molar-refractivity contribution < 1.29 is 4.79 Å². The first kappa shape index (κ1) is 17.0. The molecule has 1 aliphatic heterocycles. The van der Waals surface area contributed by atoms with Gasteiger partial charge in [-0.05, 0) is 24.1 Å². The maximum Gasteiger partial charge on any atom is 0.263 e. The molecule has 0 unspecified atom stereocenters. The van der Waals surface area contributed by atoms with Gasteiger partial charge in [0.05, 0.1) is 0 Å². The van der Waals surface area contributed by atoms with Crippen LogP contribution in [0.15, 0.2) is 29.2 Å². The van der Waals surface area contributed by atoms with Gasteiger partial charge < -0.3 is 15.6 Å². The van der Waals surface area contributed by atoms with E-state index in [1.54, 1.807) is 23.1 Å². The van der Waals surface area contributed by atoms with Crippen LogP contribution in [-0.2, 0) is 6.42 Å². The van der Waals surface area contributed by atoms with E-state index < -0.39 is 5.56 Å². The van der Waals surface area contributed by atoms with Crippen molar-refractivity contribution in [2.75, 3.05) is 13.1 Å². The van der Waals surface area contributed by atoms with Crippen molar-refractivity contribution in [1.82, 2.24) is 14.9 Å². The molecule has 6 nitrogen and oxygen atoms in total. The first-order valence-electron chi connectivity index (χ1n) is 7.51. The van der Waals surface area contributed by atoms with E-state index in [0.717, 1.165) is 6.42 Å². The lowest BCUT2D eigenvalue weighted by Crippen LogP contribution is -2.35. The van der Waals surface area contributed by atoms with Crippen molar-refractivity contribution in [1.29, 1.82) is 0 Å². The Kier molecular flexibility index (Phi) is 4.89. The van der Waals surface area contributed by atoms with Gasteiger partial charge in [0.25, 0.3) is 11.5 Å². The summed E-state index contributed by atoms with van der Waals surface area (Å²) in [6, 6.07) is 5.14. The van der Waals surface area contributed by atoms with Gasteiger partial charge in [0.2, 0.25) is 0 Å². The molecule has 2 heterocycles. The van der Waals surface area contributed by atoms with E-state index in [9.17, 15) is 9.59 Å². The summed E-state index contributed by atoms with van der Waals surface area (Å²) < 4.78 is 0. The summed E-state index contributed by atoms with van der Waals surface area (Å²) in [6.07, 6.45) is 2.31. The minimum absolute atomic E-state index is 0.0121. The molecule has 1 saturated heterocycles. The molecular weight excluding hydrogens is 351 g/mol. The molecular formula is C16H16Cl2N4O2. The van der Waals surface area contributed by atoms with E-state index >= 15 is 0 Å². The lowest BCUT2D eigenvalue weighted by atomic mass is 10.1. The fraction of sp³-hybridized carbons (Fsp3) is 0.312. The molecule has 2 aromatic rings. The Hall–Kier alpha value is -1.89. The highest BCUT2D eigenvalue weighted by atomic mass is 35.5. The SMILES string of the molecule is N[C@H]1CCN(C(=O)c2cnc(Cc3c(Cl)cccc3Cl)[nH]c2=O)C1. The average Bonchev–Trinajstić information content (AvgIpc) is 2.97. The third-order valence-corrected chi connectivity index (χ3v) is 4.71. The number of carbonyl (C=O) groups is 1. The van der Waals surface area contributed by atoms with Crippen molar-refractivity contribution >= 4 is 29.1 Å². The molecule has 0 saturated carbocycles. The Morgan fingerprint density at radius 2 is 2.08 bits per heavy atom. The number of likely N-dealkylation sites (tertiary alicyclic amines) is 1. The van der Waals surface area contributed by atoms with Gasteiger partial charge in [0, 0.05) is 41.8 Å². The Morgan fingerprint density at radius 3 is 2.67 bits per heavy atom. The number of hydrogen-bond donors (Lipinski definition) is 2. The second-order valence-corrected chi connectivity index (χ2v) is 6.56. The van der Waals surface area contributed by atoms with E-state index in [4.69, 9.17) is 28.9 Å². The van der Waals surface area contributed by atoms with Gasteiger partial charge in [-0.3, -0.25) is 9.59 Å². The van der Waals surface area contributed by atoms with E-state index in [2.05, 4.69) is 9.97 Å². The molecule has 0 aliphatic carbocycles. The largest absolute Gasteiger partial charge is 0.337 e. The predicted octanol–water partition coefficient (Wildman–Crippen LogP) is 1.84. The monoisotopic (exact) mass is 366 g/mol. The summed E-state index contributed by atoms with van der Waals surface area (Å²) >= 11 is 12.2. The molecule has 1 atom stereocenters. The second kappa shape index (κ2) is 6.93. The predicted molar refractivity (Wildman–Crippen MR) is 92.6 cm³/mol. The van der Waals surface area contributed by atoms with Crippen LogP contribution in [0.3, 0.4) is 0 Å². The number of amides is 1. The summed E-state index contributed by atoms with van der Waals surface area (Å²) in [6.45, 7) is 1.01. The third kappa shape index (κ3) is 3.45. The minimum atomic E-state index is -0.478. The van der Waals surface area contributed by atoms with Crippen LogP contribution in [0, 0.1) is 0 Å². The molecule has 1 aromatic carbocycles. The second-order valence-electron chi connectivity index (χ2n) is 5.75. The van der Waals surface area contributed by atoms with Crippen molar-refractivity contribution in [3.05, 3.63) is 61.7 Å². The smallest absolute Gasteiger partial charge is 0.263 e. The number of aromatic nitrogens is 2. The van der Waals surface area contributed by atoms with Gasteiger partial charge in [-0.25, -0.2) is 4.98 Å². The lowest BCUT2D eigenvalue weighted by Gasteiger charge is -2.15. The zero-order chi connectivity index (χ0) is 17.3. The van der Waals surface area contributed by atoms with E-state index in [1.807, 2.05) is 0 Å². The number of rotatable bonds is 3. The number of benzene rings is 1. The molecule has 1 aliphatic rings. The highest BCUT2D eigenvalue weighted by Crippen LogP contribution is 2.25. The number of H-pyrrole nitrogens is 1. The van der Waals surface area contributed by atoms with Crippen molar-refractivity contribution in [2.45, 2.75) is 18.9 Å². The van der Waals surface area contributed by atoms with Gasteiger partial charge in [0.15, 0.2) is 0 Å². The molecule has 8 heteroatoms. The van der Waals surface area contributed by atoms with Crippen LogP contribution in [0.2, 0.25) is 10.0 Å². The topological polar surface area (TPSA) is 92.1 Å². The van der Waals surface area contributed by atoms with E-state index in [-0.39, 0.29) is 23.9 Å². The molecule has 0 bridgehead atoms. The maximum atomic E-state index is 12.4. The van der Waals surface area contributed by atoms with Crippen LogP contribution < -0.4 is 11.3 Å². The van der Waals surface area contributed by atoms with Crippen LogP contribution in [0.25, 0.3) is 0 Å². The van der Waals surface area contributed by atoms with E-state index in [1.165, 1.54) is 6.20 Å². The highest BCUT2D eigenvalue weighted by molar-refractivity contribution is 6.36. The summed E-state index contributed by atoms with van der Waals surface area (Å²) in [7, 11) is 0. The summed E-state index contributed by atoms with van der Waals surface area (Å²) in [4.78, 5) is 33.0. The number of nitrogens with one attached hydrogen (secondary N) is 1. The first-order chi connectivity index (χ1) is 11.5. The fourth-order valence-electron chi connectivity index (χ4n) is 2.68.